The lowest BCUT2D eigenvalue weighted by Gasteiger charge is -2.12. The molecule has 162 valence electrons. The topological polar surface area (TPSA) is 93.4 Å². The third kappa shape index (κ3) is 5.25. The highest BCUT2D eigenvalue weighted by molar-refractivity contribution is 6.40. The SMILES string of the molecule is COc1cnn(CCO)c(=O)c1-c1ccc(C=CNC(=O)C2=C(Cl)CCC=C2Cl)cc1. The van der Waals surface area contributed by atoms with Crippen molar-refractivity contribution in [2.45, 2.75) is 19.4 Å². The standard InChI is InChI=1S/C22H21Cl2N3O4/c1-31-18-13-26-27(11-12-28)22(30)19(18)15-7-5-14(6-8-15)9-10-25-21(29)20-16(23)3-2-4-17(20)24/h3,5-10,13,28H,2,4,11-12H2,1H3,(H,25,29). The van der Waals surface area contributed by atoms with Crippen molar-refractivity contribution in [1.82, 2.24) is 15.1 Å². The fraction of sp³-hybridized carbons (Fsp3) is 0.227. The van der Waals surface area contributed by atoms with E-state index in [0.29, 0.717) is 45.4 Å². The summed E-state index contributed by atoms with van der Waals surface area (Å²) >= 11 is 12.2. The van der Waals surface area contributed by atoms with Crippen molar-refractivity contribution >= 4 is 35.2 Å². The van der Waals surface area contributed by atoms with Gasteiger partial charge in [0.1, 0.15) is 0 Å². The number of nitrogens with one attached hydrogen (secondary N) is 1. The molecule has 1 aliphatic rings. The monoisotopic (exact) mass is 461 g/mol. The van der Waals surface area contributed by atoms with E-state index >= 15 is 0 Å². The molecule has 0 aliphatic heterocycles. The molecule has 0 unspecified atom stereocenters. The zero-order valence-electron chi connectivity index (χ0n) is 16.8. The second kappa shape index (κ2) is 10.4. The van der Waals surface area contributed by atoms with Crippen LogP contribution < -0.4 is 15.6 Å². The van der Waals surface area contributed by atoms with Gasteiger partial charge >= 0.3 is 0 Å². The third-order valence-corrected chi connectivity index (χ3v) is 5.38. The lowest BCUT2D eigenvalue weighted by Crippen LogP contribution is -2.26. The van der Waals surface area contributed by atoms with Crippen molar-refractivity contribution in [3.63, 3.8) is 0 Å². The van der Waals surface area contributed by atoms with Gasteiger partial charge in [-0.15, -0.1) is 0 Å². The van der Waals surface area contributed by atoms with Crippen molar-refractivity contribution in [2.75, 3.05) is 13.7 Å². The molecule has 0 saturated carbocycles. The zero-order valence-corrected chi connectivity index (χ0v) is 18.3. The van der Waals surface area contributed by atoms with Crippen molar-refractivity contribution in [2.24, 2.45) is 0 Å². The van der Waals surface area contributed by atoms with Gasteiger partial charge < -0.3 is 15.2 Å². The van der Waals surface area contributed by atoms with Gasteiger partial charge in [0.05, 0.1) is 42.6 Å². The molecule has 1 aromatic carbocycles. The molecule has 2 aromatic rings. The van der Waals surface area contributed by atoms with Gasteiger partial charge in [0.2, 0.25) is 0 Å². The maximum atomic E-state index is 12.7. The number of allylic oxidation sites excluding steroid dienone is 2. The van der Waals surface area contributed by atoms with Crippen LogP contribution in [0.4, 0.5) is 0 Å². The minimum absolute atomic E-state index is 0.0933. The average molecular weight is 462 g/mol. The van der Waals surface area contributed by atoms with Gasteiger partial charge in [0.25, 0.3) is 11.5 Å². The normalized spacial score (nSPS) is 14.0. The Morgan fingerprint density at radius 2 is 2.06 bits per heavy atom. The van der Waals surface area contributed by atoms with E-state index in [9.17, 15) is 9.59 Å². The van der Waals surface area contributed by atoms with Gasteiger partial charge in [-0.25, -0.2) is 4.68 Å². The summed E-state index contributed by atoms with van der Waals surface area (Å²) in [6.45, 7) is -0.104. The van der Waals surface area contributed by atoms with Gasteiger partial charge in [-0.2, -0.15) is 5.10 Å². The molecular weight excluding hydrogens is 441 g/mol. The van der Waals surface area contributed by atoms with Crippen LogP contribution in [0.15, 0.2) is 63.2 Å². The summed E-state index contributed by atoms with van der Waals surface area (Å²) < 4.78 is 6.47. The first-order chi connectivity index (χ1) is 15.0. The maximum absolute atomic E-state index is 12.7. The van der Waals surface area contributed by atoms with Gasteiger partial charge in [-0.3, -0.25) is 9.59 Å². The maximum Gasteiger partial charge on any atom is 0.278 e. The van der Waals surface area contributed by atoms with E-state index in [0.717, 1.165) is 5.56 Å². The molecule has 1 aromatic heterocycles. The average Bonchev–Trinajstić information content (AvgIpc) is 2.75. The van der Waals surface area contributed by atoms with Crippen molar-refractivity contribution < 1.29 is 14.6 Å². The molecule has 0 bridgehead atoms. The summed E-state index contributed by atoms with van der Waals surface area (Å²) in [5.41, 5.74) is 1.74. The number of benzene rings is 1. The van der Waals surface area contributed by atoms with Crippen LogP contribution in [-0.4, -0.2) is 34.5 Å². The first-order valence-corrected chi connectivity index (χ1v) is 10.3. The van der Waals surface area contributed by atoms with Crippen LogP contribution >= 0.6 is 23.2 Å². The number of rotatable bonds is 7. The number of nitrogens with zero attached hydrogens (tertiary/aromatic N) is 2. The highest BCUT2D eigenvalue weighted by atomic mass is 35.5. The van der Waals surface area contributed by atoms with E-state index in [1.165, 1.54) is 24.2 Å². The number of carbonyl (C=O) groups is 1. The van der Waals surface area contributed by atoms with Gasteiger partial charge in [-0.1, -0.05) is 53.5 Å². The molecule has 7 nitrogen and oxygen atoms in total. The fourth-order valence-corrected chi connectivity index (χ4v) is 3.76. The number of aliphatic hydroxyl groups excluding tert-OH is 1. The summed E-state index contributed by atoms with van der Waals surface area (Å²) in [6.07, 6.45) is 7.74. The number of aromatic nitrogens is 2. The minimum Gasteiger partial charge on any atom is -0.494 e. The highest BCUT2D eigenvalue weighted by Crippen LogP contribution is 2.30. The van der Waals surface area contributed by atoms with E-state index in [-0.39, 0.29) is 24.6 Å². The number of amides is 1. The van der Waals surface area contributed by atoms with Crippen LogP contribution in [0, 0.1) is 0 Å². The molecule has 9 heteroatoms. The highest BCUT2D eigenvalue weighted by Gasteiger charge is 2.19. The molecule has 31 heavy (non-hydrogen) atoms. The van der Waals surface area contributed by atoms with Crippen LogP contribution in [0.25, 0.3) is 17.2 Å². The molecule has 0 spiro atoms. The molecule has 3 rings (SSSR count). The molecule has 1 aliphatic carbocycles. The molecule has 0 fully saturated rings. The fourth-order valence-electron chi connectivity index (χ4n) is 3.11. The van der Waals surface area contributed by atoms with Crippen LogP contribution in [-0.2, 0) is 11.3 Å². The lowest BCUT2D eigenvalue weighted by molar-refractivity contribution is -0.116. The molecule has 1 heterocycles. The Kier molecular flexibility index (Phi) is 7.68. The Balaban J connectivity index is 1.77. The van der Waals surface area contributed by atoms with Gasteiger partial charge in [0.15, 0.2) is 5.75 Å². The summed E-state index contributed by atoms with van der Waals surface area (Å²) in [7, 11) is 1.46. The minimum atomic E-state index is -0.371. The summed E-state index contributed by atoms with van der Waals surface area (Å²) in [5.74, 6) is -0.0258. The quantitative estimate of drug-likeness (QED) is 0.658. The second-order valence-electron chi connectivity index (χ2n) is 6.64. The Labute approximate surface area is 189 Å². The molecule has 0 radical (unpaired) electrons. The molecule has 2 N–H and O–H groups in total. The van der Waals surface area contributed by atoms with E-state index in [1.54, 1.807) is 36.4 Å². The van der Waals surface area contributed by atoms with E-state index in [4.69, 9.17) is 33.0 Å². The first-order valence-electron chi connectivity index (χ1n) is 9.53. The lowest BCUT2D eigenvalue weighted by atomic mass is 10.0. The van der Waals surface area contributed by atoms with E-state index in [2.05, 4.69) is 10.4 Å². The number of hydrogen-bond donors (Lipinski definition) is 2. The van der Waals surface area contributed by atoms with Crippen molar-refractivity contribution in [3.8, 4) is 16.9 Å². The van der Waals surface area contributed by atoms with Gasteiger partial charge in [-0.05, 0) is 30.0 Å². The number of carbonyl (C=O) groups excluding carboxylic acids is 1. The number of aliphatic hydroxyl groups is 1. The molecule has 1 amide bonds. The Bertz CT molecular complexity index is 1120. The Hall–Kier alpha value is -2.87. The smallest absolute Gasteiger partial charge is 0.278 e. The first kappa shape index (κ1) is 22.8. The third-order valence-electron chi connectivity index (χ3n) is 4.65. The number of ether oxygens (including phenoxy) is 1. The summed E-state index contributed by atoms with van der Waals surface area (Å²) in [5, 5.41) is 16.6. The Morgan fingerprint density at radius 1 is 1.32 bits per heavy atom. The zero-order chi connectivity index (χ0) is 22.4. The number of halogens is 2. The van der Waals surface area contributed by atoms with Crippen molar-refractivity contribution in [3.05, 3.63) is 74.3 Å². The van der Waals surface area contributed by atoms with Crippen LogP contribution in [0.2, 0.25) is 0 Å². The van der Waals surface area contributed by atoms with E-state index < -0.39 is 0 Å². The molecular formula is C22H21Cl2N3O4. The largest absolute Gasteiger partial charge is 0.494 e. The number of hydrogen-bond acceptors (Lipinski definition) is 5. The molecule has 0 saturated heterocycles. The number of methoxy groups -OCH3 is 1. The summed E-state index contributed by atoms with van der Waals surface area (Å²) in [4.78, 5) is 25.0. The Morgan fingerprint density at radius 3 is 2.71 bits per heavy atom. The van der Waals surface area contributed by atoms with Crippen LogP contribution in [0.3, 0.4) is 0 Å². The summed E-state index contributed by atoms with van der Waals surface area (Å²) in [6, 6.07) is 7.13. The van der Waals surface area contributed by atoms with E-state index in [1.807, 2.05) is 0 Å². The van der Waals surface area contributed by atoms with Gasteiger partial charge in [0, 0.05) is 11.2 Å². The predicted octanol–water partition coefficient (Wildman–Crippen LogP) is 3.41. The molecule has 0 atom stereocenters. The second-order valence-corrected chi connectivity index (χ2v) is 7.50. The van der Waals surface area contributed by atoms with Crippen LogP contribution in [0.5, 0.6) is 5.75 Å². The predicted molar refractivity (Wildman–Crippen MR) is 121 cm³/mol. The van der Waals surface area contributed by atoms with Crippen LogP contribution in [0.1, 0.15) is 18.4 Å². The van der Waals surface area contributed by atoms with Crippen molar-refractivity contribution in [1.29, 1.82) is 0 Å².